The monoisotopic (exact) mass is 277 g/mol. The number of hydrogen-bond donors (Lipinski definition) is 2. The Morgan fingerprint density at radius 3 is 2.45 bits per heavy atom. The van der Waals surface area contributed by atoms with E-state index in [1.807, 2.05) is 0 Å². The summed E-state index contributed by atoms with van der Waals surface area (Å²) in [5.74, 6) is -0.329. The van der Waals surface area contributed by atoms with Gasteiger partial charge in [-0.15, -0.1) is 0 Å². The van der Waals surface area contributed by atoms with E-state index in [0.717, 1.165) is 6.42 Å². The van der Waals surface area contributed by atoms with Crippen molar-refractivity contribution >= 4 is 17.6 Å². The van der Waals surface area contributed by atoms with Crippen molar-refractivity contribution in [3.8, 4) is 11.5 Å². The number of aliphatic carboxylic acids is 1. The topological polar surface area (TPSA) is 84.9 Å². The zero-order valence-electron chi connectivity index (χ0n) is 10.8. The third-order valence-electron chi connectivity index (χ3n) is 3.85. The maximum atomic E-state index is 12.2. The molecule has 1 saturated carbocycles. The number of carbonyl (C=O) groups is 2. The van der Waals surface area contributed by atoms with Gasteiger partial charge in [-0.25, -0.2) is 0 Å². The minimum absolute atomic E-state index is 0.388. The van der Waals surface area contributed by atoms with Gasteiger partial charge in [-0.3, -0.25) is 9.59 Å². The number of fused-ring (bicyclic) bond motifs is 1. The van der Waals surface area contributed by atoms with E-state index in [1.165, 1.54) is 0 Å². The Kier molecular flexibility index (Phi) is 3.00. The number of nitrogens with one attached hydrogen (secondary N) is 1. The Morgan fingerprint density at radius 1 is 1.15 bits per heavy atom. The predicted octanol–water partition coefficient (Wildman–Crippen LogP) is 1.65. The molecule has 1 fully saturated rings. The lowest BCUT2D eigenvalue weighted by molar-refractivity contribution is -0.159. The maximum Gasteiger partial charge on any atom is 0.319 e. The molecular formula is C14H15NO5. The van der Waals surface area contributed by atoms with Gasteiger partial charge in [0.1, 0.15) is 18.6 Å². The molecule has 3 rings (SSSR count). The third-order valence-corrected chi connectivity index (χ3v) is 3.85. The van der Waals surface area contributed by atoms with E-state index in [4.69, 9.17) is 9.47 Å². The number of benzene rings is 1. The van der Waals surface area contributed by atoms with Gasteiger partial charge in [0.15, 0.2) is 11.5 Å². The Hall–Kier alpha value is -2.24. The van der Waals surface area contributed by atoms with Crippen molar-refractivity contribution < 1.29 is 24.2 Å². The summed E-state index contributed by atoms with van der Waals surface area (Å²) in [4.78, 5) is 23.4. The molecule has 2 N–H and O–H groups in total. The summed E-state index contributed by atoms with van der Waals surface area (Å²) in [7, 11) is 0. The standard InChI is InChI=1S/C14H15NO5/c16-12(14(13(17)18)4-1-5-14)15-9-2-3-10-11(8-9)20-7-6-19-10/h2-3,8H,1,4-7H2,(H,15,16)(H,17,18). The Bertz CT molecular complexity index is 565. The highest BCUT2D eigenvalue weighted by Crippen LogP contribution is 2.42. The van der Waals surface area contributed by atoms with Crippen LogP contribution < -0.4 is 14.8 Å². The van der Waals surface area contributed by atoms with E-state index in [1.54, 1.807) is 18.2 Å². The first-order valence-electron chi connectivity index (χ1n) is 6.56. The molecule has 0 radical (unpaired) electrons. The number of anilines is 1. The number of ether oxygens (including phenoxy) is 2. The molecule has 0 unspecified atom stereocenters. The van der Waals surface area contributed by atoms with Crippen molar-refractivity contribution in [2.45, 2.75) is 19.3 Å². The van der Waals surface area contributed by atoms with Crippen LogP contribution in [-0.2, 0) is 9.59 Å². The fourth-order valence-corrected chi connectivity index (χ4v) is 2.44. The molecule has 1 amide bonds. The first-order valence-corrected chi connectivity index (χ1v) is 6.56. The highest BCUT2D eigenvalue weighted by molar-refractivity contribution is 6.09. The second kappa shape index (κ2) is 4.70. The lowest BCUT2D eigenvalue weighted by atomic mass is 9.68. The van der Waals surface area contributed by atoms with Crippen LogP contribution in [0.15, 0.2) is 18.2 Å². The Labute approximate surface area is 115 Å². The predicted molar refractivity (Wildman–Crippen MR) is 70.0 cm³/mol. The van der Waals surface area contributed by atoms with Crippen molar-refractivity contribution in [2.75, 3.05) is 18.5 Å². The van der Waals surface area contributed by atoms with Gasteiger partial charge in [-0.2, -0.15) is 0 Å². The number of carboxylic acids is 1. The van der Waals surface area contributed by atoms with Crippen LogP contribution in [0, 0.1) is 5.41 Å². The van der Waals surface area contributed by atoms with Crippen LogP contribution in [0.2, 0.25) is 0 Å². The molecule has 0 spiro atoms. The third kappa shape index (κ3) is 1.97. The van der Waals surface area contributed by atoms with E-state index in [9.17, 15) is 14.7 Å². The van der Waals surface area contributed by atoms with Crippen molar-refractivity contribution in [3.05, 3.63) is 18.2 Å². The number of amides is 1. The minimum Gasteiger partial charge on any atom is -0.486 e. The largest absolute Gasteiger partial charge is 0.486 e. The van der Waals surface area contributed by atoms with Gasteiger partial charge in [0.05, 0.1) is 0 Å². The lowest BCUT2D eigenvalue weighted by Crippen LogP contribution is -2.48. The molecule has 1 aliphatic heterocycles. The molecule has 0 saturated heterocycles. The second-order valence-electron chi connectivity index (χ2n) is 5.05. The van der Waals surface area contributed by atoms with E-state index in [0.29, 0.717) is 43.2 Å². The summed E-state index contributed by atoms with van der Waals surface area (Å²) in [6, 6.07) is 5.04. The minimum atomic E-state index is -1.27. The molecule has 20 heavy (non-hydrogen) atoms. The van der Waals surface area contributed by atoms with Gasteiger partial charge in [-0.1, -0.05) is 6.42 Å². The van der Waals surface area contributed by atoms with Crippen molar-refractivity contribution in [1.82, 2.24) is 0 Å². The average Bonchev–Trinajstić information content (AvgIpc) is 2.36. The van der Waals surface area contributed by atoms with E-state index in [-0.39, 0.29) is 0 Å². The highest BCUT2D eigenvalue weighted by Gasteiger charge is 2.51. The summed E-state index contributed by atoms with van der Waals surface area (Å²) >= 11 is 0. The molecular weight excluding hydrogens is 262 g/mol. The summed E-state index contributed by atoms with van der Waals surface area (Å²) < 4.78 is 10.8. The first-order chi connectivity index (χ1) is 9.62. The SMILES string of the molecule is O=C(O)C1(C(=O)Nc2ccc3c(c2)OCCO3)CCC1. The molecule has 6 nitrogen and oxygen atoms in total. The lowest BCUT2D eigenvalue weighted by Gasteiger charge is -2.35. The van der Waals surface area contributed by atoms with Crippen LogP contribution in [0.5, 0.6) is 11.5 Å². The molecule has 1 aromatic carbocycles. The van der Waals surface area contributed by atoms with Crippen molar-refractivity contribution in [1.29, 1.82) is 0 Å². The van der Waals surface area contributed by atoms with Crippen LogP contribution in [0.1, 0.15) is 19.3 Å². The number of carbonyl (C=O) groups excluding carboxylic acids is 1. The van der Waals surface area contributed by atoms with Gasteiger partial charge in [0, 0.05) is 11.8 Å². The number of rotatable bonds is 3. The van der Waals surface area contributed by atoms with Crippen LogP contribution >= 0.6 is 0 Å². The number of hydrogen-bond acceptors (Lipinski definition) is 4. The summed E-state index contributed by atoms with van der Waals surface area (Å²) in [6.45, 7) is 0.963. The first kappa shape index (κ1) is 12.8. The summed E-state index contributed by atoms with van der Waals surface area (Å²) in [6.07, 6.45) is 1.54. The smallest absolute Gasteiger partial charge is 0.319 e. The molecule has 1 aromatic rings. The van der Waals surface area contributed by atoms with Crippen molar-refractivity contribution in [3.63, 3.8) is 0 Å². The molecule has 6 heteroatoms. The van der Waals surface area contributed by atoms with E-state index >= 15 is 0 Å². The molecule has 106 valence electrons. The summed E-state index contributed by atoms with van der Waals surface area (Å²) in [5.41, 5.74) is -0.750. The van der Waals surface area contributed by atoms with E-state index < -0.39 is 17.3 Å². The molecule has 1 aliphatic carbocycles. The Morgan fingerprint density at radius 2 is 1.85 bits per heavy atom. The fourth-order valence-electron chi connectivity index (χ4n) is 2.44. The van der Waals surface area contributed by atoms with Crippen LogP contribution in [0.25, 0.3) is 0 Å². The highest BCUT2D eigenvalue weighted by atomic mass is 16.6. The fraction of sp³-hybridized carbons (Fsp3) is 0.429. The van der Waals surface area contributed by atoms with Crippen LogP contribution in [0.4, 0.5) is 5.69 Å². The average molecular weight is 277 g/mol. The molecule has 2 aliphatic rings. The second-order valence-corrected chi connectivity index (χ2v) is 5.05. The molecule has 1 heterocycles. The number of carboxylic acid groups (broad SMARTS) is 1. The van der Waals surface area contributed by atoms with Gasteiger partial charge in [-0.05, 0) is 25.0 Å². The van der Waals surface area contributed by atoms with Gasteiger partial charge in [0.2, 0.25) is 5.91 Å². The van der Waals surface area contributed by atoms with Crippen LogP contribution in [-0.4, -0.2) is 30.2 Å². The molecule has 0 aromatic heterocycles. The molecule has 0 atom stereocenters. The van der Waals surface area contributed by atoms with Crippen molar-refractivity contribution in [2.24, 2.45) is 5.41 Å². The zero-order chi connectivity index (χ0) is 14.2. The zero-order valence-corrected chi connectivity index (χ0v) is 10.8. The van der Waals surface area contributed by atoms with Gasteiger partial charge in [0.25, 0.3) is 0 Å². The molecule has 0 bridgehead atoms. The van der Waals surface area contributed by atoms with Crippen LogP contribution in [0.3, 0.4) is 0 Å². The normalized spacial score (nSPS) is 18.8. The van der Waals surface area contributed by atoms with Gasteiger partial charge >= 0.3 is 5.97 Å². The Balaban J connectivity index is 1.77. The van der Waals surface area contributed by atoms with E-state index in [2.05, 4.69) is 5.32 Å². The maximum absolute atomic E-state index is 12.2. The van der Waals surface area contributed by atoms with Gasteiger partial charge < -0.3 is 19.9 Å². The summed E-state index contributed by atoms with van der Waals surface area (Å²) in [5, 5.41) is 11.9. The quantitative estimate of drug-likeness (QED) is 0.821.